The molecule has 0 spiro atoms. The fourth-order valence-corrected chi connectivity index (χ4v) is 2.58. The lowest BCUT2D eigenvalue weighted by Gasteiger charge is -2.02. The van der Waals surface area contributed by atoms with Crippen molar-refractivity contribution in [3.05, 3.63) is 79.3 Å². The lowest BCUT2D eigenvalue weighted by atomic mass is 10.0. The predicted molar refractivity (Wildman–Crippen MR) is 84.9 cm³/mol. The van der Waals surface area contributed by atoms with Gasteiger partial charge in [0.1, 0.15) is 5.58 Å². The lowest BCUT2D eigenvalue weighted by Crippen LogP contribution is -1.79. The zero-order chi connectivity index (χ0) is 14.1. The van der Waals surface area contributed by atoms with E-state index >= 15 is 0 Å². The molecule has 2 aromatic carbocycles. The summed E-state index contributed by atoms with van der Waals surface area (Å²) in [6, 6.07) is 20.6. The minimum atomic E-state index is 0.898. The molecule has 0 fully saturated rings. The molecular formula is C19H13NO. The van der Waals surface area contributed by atoms with Gasteiger partial charge in [-0.15, -0.1) is 0 Å². The molecule has 2 heterocycles. The van der Waals surface area contributed by atoms with E-state index in [2.05, 4.69) is 35.3 Å². The van der Waals surface area contributed by atoms with Gasteiger partial charge in [-0.05, 0) is 29.3 Å². The van der Waals surface area contributed by atoms with E-state index in [-0.39, 0.29) is 0 Å². The summed E-state index contributed by atoms with van der Waals surface area (Å²) in [6.45, 7) is 0. The lowest BCUT2D eigenvalue weighted by molar-refractivity contribution is 0.617. The van der Waals surface area contributed by atoms with Crippen LogP contribution in [0, 0.1) is 0 Å². The quantitative estimate of drug-likeness (QED) is 0.503. The molecule has 21 heavy (non-hydrogen) atoms. The van der Waals surface area contributed by atoms with E-state index in [4.69, 9.17) is 4.42 Å². The van der Waals surface area contributed by atoms with Crippen LogP contribution in [0.1, 0.15) is 0 Å². The minimum Gasteiger partial charge on any atom is -0.464 e. The number of aromatic nitrogens is 1. The van der Waals surface area contributed by atoms with Crippen LogP contribution in [0.2, 0.25) is 0 Å². The Bertz CT molecular complexity index is 879. The van der Waals surface area contributed by atoms with Crippen LogP contribution in [0.5, 0.6) is 0 Å². The van der Waals surface area contributed by atoms with E-state index in [0.29, 0.717) is 0 Å². The van der Waals surface area contributed by atoms with Crippen molar-refractivity contribution >= 4 is 11.0 Å². The summed E-state index contributed by atoms with van der Waals surface area (Å²) in [6.07, 6.45) is 5.44. The second-order valence-electron chi connectivity index (χ2n) is 4.97. The van der Waals surface area contributed by atoms with Crippen LogP contribution in [-0.2, 0) is 0 Å². The third-order valence-corrected chi connectivity index (χ3v) is 3.66. The molecule has 0 aliphatic rings. The molecule has 0 unspecified atom stereocenters. The SMILES string of the molecule is c1ccc(-c2ccc3c(-c4cccnc4)coc3c2)cc1. The Morgan fingerprint density at radius 1 is 0.762 bits per heavy atom. The molecule has 0 radical (unpaired) electrons. The molecule has 4 rings (SSSR count). The van der Waals surface area contributed by atoms with Gasteiger partial charge < -0.3 is 4.42 Å². The topological polar surface area (TPSA) is 26.0 Å². The molecule has 2 aromatic heterocycles. The largest absolute Gasteiger partial charge is 0.464 e. The van der Waals surface area contributed by atoms with Crippen molar-refractivity contribution in [3.63, 3.8) is 0 Å². The Morgan fingerprint density at radius 3 is 2.43 bits per heavy atom. The fraction of sp³-hybridized carbons (Fsp3) is 0. The van der Waals surface area contributed by atoms with E-state index in [9.17, 15) is 0 Å². The van der Waals surface area contributed by atoms with Gasteiger partial charge in [-0.2, -0.15) is 0 Å². The van der Waals surface area contributed by atoms with E-state index in [1.54, 1.807) is 12.5 Å². The monoisotopic (exact) mass is 271 g/mol. The summed E-state index contributed by atoms with van der Waals surface area (Å²) in [4.78, 5) is 4.17. The first-order valence-electron chi connectivity index (χ1n) is 6.89. The molecule has 0 saturated heterocycles. The van der Waals surface area contributed by atoms with Crippen LogP contribution in [0.15, 0.2) is 83.7 Å². The van der Waals surface area contributed by atoms with Gasteiger partial charge in [0.25, 0.3) is 0 Å². The third kappa shape index (κ3) is 2.11. The molecule has 100 valence electrons. The zero-order valence-corrected chi connectivity index (χ0v) is 11.4. The van der Waals surface area contributed by atoms with Gasteiger partial charge in [0.05, 0.1) is 6.26 Å². The average molecular weight is 271 g/mol. The van der Waals surface area contributed by atoms with Crippen LogP contribution in [-0.4, -0.2) is 4.98 Å². The highest BCUT2D eigenvalue weighted by Gasteiger charge is 2.09. The molecule has 0 aliphatic heterocycles. The van der Waals surface area contributed by atoms with Gasteiger partial charge in [-0.25, -0.2) is 0 Å². The Balaban J connectivity index is 1.85. The van der Waals surface area contributed by atoms with Crippen molar-refractivity contribution in [2.45, 2.75) is 0 Å². The van der Waals surface area contributed by atoms with Gasteiger partial charge in [0.15, 0.2) is 0 Å². The molecule has 2 nitrogen and oxygen atoms in total. The van der Waals surface area contributed by atoms with Crippen molar-refractivity contribution in [1.82, 2.24) is 4.98 Å². The number of nitrogens with zero attached hydrogens (tertiary/aromatic N) is 1. The van der Waals surface area contributed by atoms with Gasteiger partial charge in [0.2, 0.25) is 0 Å². The van der Waals surface area contributed by atoms with E-state index in [1.165, 1.54) is 5.56 Å². The number of rotatable bonds is 2. The van der Waals surface area contributed by atoms with Crippen molar-refractivity contribution in [1.29, 1.82) is 0 Å². The number of furan rings is 1. The highest BCUT2D eigenvalue weighted by atomic mass is 16.3. The molecule has 0 bridgehead atoms. The highest BCUT2D eigenvalue weighted by Crippen LogP contribution is 2.32. The molecule has 0 N–H and O–H groups in total. The number of pyridine rings is 1. The van der Waals surface area contributed by atoms with Crippen molar-refractivity contribution in [3.8, 4) is 22.3 Å². The minimum absolute atomic E-state index is 0.898. The van der Waals surface area contributed by atoms with Crippen molar-refractivity contribution < 1.29 is 4.42 Å². The first kappa shape index (κ1) is 11.9. The van der Waals surface area contributed by atoms with Gasteiger partial charge in [-0.1, -0.05) is 42.5 Å². The summed E-state index contributed by atoms with van der Waals surface area (Å²) in [5, 5.41) is 1.11. The summed E-state index contributed by atoms with van der Waals surface area (Å²) < 4.78 is 5.74. The van der Waals surface area contributed by atoms with Gasteiger partial charge in [0, 0.05) is 28.9 Å². The Morgan fingerprint density at radius 2 is 1.62 bits per heavy atom. The second-order valence-corrected chi connectivity index (χ2v) is 4.97. The smallest absolute Gasteiger partial charge is 0.135 e. The Kier molecular flexibility index (Phi) is 2.79. The summed E-state index contributed by atoms with van der Waals surface area (Å²) in [5.74, 6) is 0. The standard InChI is InChI=1S/C19H13NO/c1-2-5-14(6-3-1)15-8-9-17-18(13-21-19(17)11-15)16-7-4-10-20-12-16/h1-13H. The van der Waals surface area contributed by atoms with Crippen LogP contribution in [0.3, 0.4) is 0 Å². The Labute approximate surface area is 122 Å². The maximum Gasteiger partial charge on any atom is 0.135 e. The molecular weight excluding hydrogens is 258 g/mol. The van der Waals surface area contributed by atoms with Crippen LogP contribution in [0.4, 0.5) is 0 Å². The maximum atomic E-state index is 5.74. The van der Waals surface area contributed by atoms with E-state index in [0.717, 1.165) is 27.7 Å². The average Bonchev–Trinajstić information content (AvgIpc) is 2.99. The Hall–Kier alpha value is -2.87. The molecule has 0 saturated carbocycles. The van der Waals surface area contributed by atoms with Crippen molar-refractivity contribution in [2.24, 2.45) is 0 Å². The molecule has 4 aromatic rings. The normalized spacial score (nSPS) is 10.9. The van der Waals surface area contributed by atoms with Crippen LogP contribution >= 0.6 is 0 Å². The van der Waals surface area contributed by atoms with Gasteiger partial charge in [-0.3, -0.25) is 4.98 Å². The molecule has 0 atom stereocenters. The zero-order valence-electron chi connectivity index (χ0n) is 11.4. The first-order chi connectivity index (χ1) is 10.4. The van der Waals surface area contributed by atoms with Crippen molar-refractivity contribution in [2.75, 3.05) is 0 Å². The summed E-state index contributed by atoms with van der Waals surface area (Å²) in [7, 11) is 0. The van der Waals surface area contributed by atoms with Crippen LogP contribution < -0.4 is 0 Å². The number of fused-ring (bicyclic) bond motifs is 1. The van der Waals surface area contributed by atoms with E-state index < -0.39 is 0 Å². The first-order valence-corrected chi connectivity index (χ1v) is 6.89. The molecule has 2 heteroatoms. The summed E-state index contributed by atoms with van der Waals surface area (Å²) >= 11 is 0. The second kappa shape index (κ2) is 4.91. The summed E-state index contributed by atoms with van der Waals surface area (Å²) in [5.41, 5.74) is 5.41. The van der Waals surface area contributed by atoms with E-state index in [1.807, 2.05) is 36.5 Å². The molecule has 0 amide bonds. The fourth-order valence-electron chi connectivity index (χ4n) is 2.58. The number of hydrogen-bond donors (Lipinski definition) is 0. The predicted octanol–water partition coefficient (Wildman–Crippen LogP) is 5.16. The molecule has 0 aliphatic carbocycles. The van der Waals surface area contributed by atoms with Crippen LogP contribution in [0.25, 0.3) is 33.2 Å². The number of benzene rings is 2. The highest BCUT2D eigenvalue weighted by molar-refractivity contribution is 5.95. The third-order valence-electron chi connectivity index (χ3n) is 3.66. The van der Waals surface area contributed by atoms with Gasteiger partial charge >= 0.3 is 0 Å². The number of hydrogen-bond acceptors (Lipinski definition) is 2. The maximum absolute atomic E-state index is 5.74.